The summed E-state index contributed by atoms with van der Waals surface area (Å²) in [6.45, 7) is 5.32. The Kier molecular flexibility index (Phi) is 8.41. The van der Waals surface area contributed by atoms with Crippen LogP contribution in [-0.4, -0.2) is 55.5 Å². The van der Waals surface area contributed by atoms with Gasteiger partial charge in [-0.15, -0.1) is 0 Å². The summed E-state index contributed by atoms with van der Waals surface area (Å²) in [5.41, 5.74) is 0.830. The van der Waals surface area contributed by atoms with Crippen molar-refractivity contribution in [2.45, 2.75) is 26.8 Å². The van der Waals surface area contributed by atoms with Crippen LogP contribution in [0.1, 0.15) is 26.3 Å². The highest BCUT2D eigenvalue weighted by atomic mass is 16.5. The number of hydrogen-bond acceptors (Lipinski definition) is 5. The fourth-order valence-corrected chi connectivity index (χ4v) is 2.83. The van der Waals surface area contributed by atoms with Crippen LogP contribution in [0.3, 0.4) is 0 Å². The number of esters is 1. The molecule has 0 radical (unpaired) electrons. The second-order valence-electron chi connectivity index (χ2n) is 7.04. The van der Waals surface area contributed by atoms with E-state index in [0.717, 1.165) is 22.1 Å². The summed E-state index contributed by atoms with van der Waals surface area (Å²) in [5.74, 6) is -0.513. The molecular weight excluding hydrogens is 384 g/mol. The van der Waals surface area contributed by atoms with Crippen molar-refractivity contribution >= 4 is 34.6 Å². The Balaban J connectivity index is 1.90. The Labute approximate surface area is 176 Å². The average molecular weight is 412 g/mol. The predicted molar refractivity (Wildman–Crippen MR) is 116 cm³/mol. The zero-order chi connectivity index (χ0) is 22.1. The van der Waals surface area contributed by atoms with Gasteiger partial charge in [-0.05, 0) is 61.4 Å². The van der Waals surface area contributed by atoms with Gasteiger partial charge in [0.1, 0.15) is 5.75 Å². The highest BCUT2D eigenvalue weighted by Gasteiger charge is 2.17. The lowest BCUT2D eigenvalue weighted by molar-refractivity contribution is -0.148. The molecule has 0 atom stereocenters. The zero-order valence-corrected chi connectivity index (χ0v) is 17.8. The van der Waals surface area contributed by atoms with Crippen LogP contribution in [0.25, 0.3) is 16.8 Å². The second-order valence-corrected chi connectivity index (χ2v) is 7.04. The van der Waals surface area contributed by atoms with E-state index < -0.39 is 18.5 Å². The van der Waals surface area contributed by atoms with Crippen LogP contribution in [0.5, 0.6) is 5.75 Å². The third kappa shape index (κ3) is 6.92. The second kappa shape index (κ2) is 11.0. The molecular formula is C23H28N2O5. The Morgan fingerprint density at radius 2 is 1.80 bits per heavy atom. The molecule has 0 saturated heterocycles. The molecule has 7 heteroatoms. The molecule has 2 aromatic carbocycles. The lowest BCUT2D eigenvalue weighted by atomic mass is 10.1. The number of carbonyl (C=O) groups is 3. The minimum Gasteiger partial charge on any atom is -0.497 e. The molecule has 0 saturated carbocycles. The number of likely N-dealkylation sites (N-methyl/N-ethyl adjacent to an activating group) is 1. The monoisotopic (exact) mass is 412 g/mol. The molecule has 0 heterocycles. The molecule has 0 unspecified atom stereocenters. The van der Waals surface area contributed by atoms with Crippen molar-refractivity contribution in [3.63, 3.8) is 0 Å². The molecule has 0 aliphatic heterocycles. The molecule has 0 bridgehead atoms. The van der Waals surface area contributed by atoms with E-state index in [1.54, 1.807) is 20.1 Å². The lowest BCUT2D eigenvalue weighted by Gasteiger charge is -2.20. The quantitative estimate of drug-likeness (QED) is 0.506. The van der Waals surface area contributed by atoms with E-state index in [-0.39, 0.29) is 18.5 Å². The standard InChI is InChI=1S/C23H28N2O5/c1-5-25(14-21(26)24-16(2)3)22(27)15-30-23(28)11-7-17-6-8-19-13-20(29-4)10-9-18(19)12-17/h6-13,16H,5,14-15H2,1-4H3,(H,24,26)/b11-7+. The van der Waals surface area contributed by atoms with Gasteiger partial charge in [0.15, 0.2) is 6.61 Å². The smallest absolute Gasteiger partial charge is 0.331 e. The van der Waals surface area contributed by atoms with E-state index in [2.05, 4.69) is 5.32 Å². The summed E-state index contributed by atoms with van der Waals surface area (Å²) in [5, 5.41) is 4.77. The topological polar surface area (TPSA) is 84.9 Å². The maximum absolute atomic E-state index is 12.2. The number of rotatable bonds is 9. The molecule has 0 aliphatic carbocycles. The van der Waals surface area contributed by atoms with Crippen LogP contribution in [0, 0.1) is 0 Å². The van der Waals surface area contributed by atoms with E-state index in [1.807, 2.05) is 50.2 Å². The number of benzene rings is 2. The zero-order valence-electron chi connectivity index (χ0n) is 17.8. The minimum atomic E-state index is -0.624. The fourth-order valence-electron chi connectivity index (χ4n) is 2.83. The molecule has 7 nitrogen and oxygen atoms in total. The highest BCUT2D eigenvalue weighted by molar-refractivity contribution is 5.92. The minimum absolute atomic E-state index is 0.00795. The maximum atomic E-state index is 12.2. The first-order chi connectivity index (χ1) is 14.3. The van der Waals surface area contributed by atoms with Gasteiger partial charge in [-0.25, -0.2) is 4.79 Å². The van der Waals surface area contributed by atoms with Crippen molar-refractivity contribution in [2.75, 3.05) is 26.8 Å². The normalized spacial score (nSPS) is 11.0. The first-order valence-electron chi connectivity index (χ1n) is 9.82. The molecule has 0 spiro atoms. The van der Waals surface area contributed by atoms with Crippen molar-refractivity contribution < 1.29 is 23.9 Å². The molecule has 2 aromatic rings. The summed E-state index contributed by atoms with van der Waals surface area (Å²) in [6, 6.07) is 11.5. The van der Waals surface area contributed by atoms with Crippen molar-refractivity contribution in [3.05, 3.63) is 48.0 Å². The molecule has 0 aromatic heterocycles. The van der Waals surface area contributed by atoms with Crippen LogP contribution in [0.15, 0.2) is 42.5 Å². The Bertz CT molecular complexity index is 936. The lowest BCUT2D eigenvalue weighted by Crippen LogP contribution is -2.44. The highest BCUT2D eigenvalue weighted by Crippen LogP contribution is 2.22. The van der Waals surface area contributed by atoms with E-state index in [0.29, 0.717) is 6.54 Å². The molecule has 1 N–H and O–H groups in total. The van der Waals surface area contributed by atoms with Crippen LogP contribution in [0.2, 0.25) is 0 Å². The molecule has 2 rings (SSSR count). The number of carbonyl (C=O) groups excluding carboxylic acids is 3. The summed E-state index contributed by atoms with van der Waals surface area (Å²) >= 11 is 0. The van der Waals surface area contributed by atoms with Crippen molar-refractivity contribution in [2.24, 2.45) is 0 Å². The Morgan fingerprint density at radius 3 is 2.47 bits per heavy atom. The molecule has 30 heavy (non-hydrogen) atoms. The number of amides is 2. The van der Waals surface area contributed by atoms with E-state index >= 15 is 0 Å². The van der Waals surface area contributed by atoms with Crippen molar-refractivity contribution in [1.82, 2.24) is 10.2 Å². The molecule has 0 fully saturated rings. The van der Waals surface area contributed by atoms with Gasteiger partial charge in [-0.3, -0.25) is 9.59 Å². The first-order valence-corrected chi connectivity index (χ1v) is 9.82. The van der Waals surface area contributed by atoms with Crippen LogP contribution in [-0.2, 0) is 19.1 Å². The predicted octanol–water partition coefficient (Wildman–Crippen LogP) is 2.78. The number of nitrogens with zero attached hydrogens (tertiary/aromatic N) is 1. The number of ether oxygens (including phenoxy) is 2. The molecule has 2 amide bonds. The van der Waals surface area contributed by atoms with Gasteiger partial charge in [-0.1, -0.05) is 18.2 Å². The third-order valence-electron chi connectivity index (χ3n) is 4.34. The van der Waals surface area contributed by atoms with Gasteiger partial charge in [-0.2, -0.15) is 0 Å². The van der Waals surface area contributed by atoms with Crippen LogP contribution >= 0.6 is 0 Å². The van der Waals surface area contributed by atoms with Gasteiger partial charge < -0.3 is 19.7 Å². The molecule has 0 aliphatic rings. The van der Waals surface area contributed by atoms with E-state index in [9.17, 15) is 14.4 Å². The van der Waals surface area contributed by atoms with E-state index in [4.69, 9.17) is 9.47 Å². The van der Waals surface area contributed by atoms with Gasteiger partial charge >= 0.3 is 5.97 Å². The van der Waals surface area contributed by atoms with Gasteiger partial charge in [0.2, 0.25) is 5.91 Å². The largest absolute Gasteiger partial charge is 0.497 e. The van der Waals surface area contributed by atoms with Crippen LogP contribution < -0.4 is 10.1 Å². The maximum Gasteiger partial charge on any atom is 0.331 e. The Morgan fingerprint density at radius 1 is 1.10 bits per heavy atom. The fraction of sp³-hybridized carbons (Fsp3) is 0.348. The molecule has 160 valence electrons. The summed E-state index contributed by atoms with van der Waals surface area (Å²) < 4.78 is 10.2. The van der Waals surface area contributed by atoms with Gasteiger partial charge in [0, 0.05) is 18.7 Å². The average Bonchev–Trinajstić information content (AvgIpc) is 2.73. The summed E-state index contributed by atoms with van der Waals surface area (Å²) in [7, 11) is 1.62. The first kappa shape index (κ1) is 22.9. The van der Waals surface area contributed by atoms with Gasteiger partial charge in [0.05, 0.1) is 13.7 Å². The van der Waals surface area contributed by atoms with E-state index in [1.165, 1.54) is 11.0 Å². The van der Waals surface area contributed by atoms with Crippen molar-refractivity contribution in [3.8, 4) is 5.75 Å². The van der Waals surface area contributed by atoms with Crippen LogP contribution in [0.4, 0.5) is 0 Å². The number of methoxy groups -OCH3 is 1. The Hall–Kier alpha value is -3.35. The summed E-state index contributed by atoms with van der Waals surface area (Å²) in [6.07, 6.45) is 2.91. The SMILES string of the molecule is CCN(CC(=O)NC(C)C)C(=O)COC(=O)/C=C/c1ccc2cc(OC)ccc2c1. The third-order valence-corrected chi connectivity index (χ3v) is 4.34. The van der Waals surface area contributed by atoms with Crippen molar-refractivity contribution in [1.29, 1.82) is 0 Å². The number of nitrogens with one attached hydrogen (secondary N) is 1. The number of fused-ring (bicyclic) bond motifs is 1. The number of hydrogen-bond donors (Lipinski definition) is 1. The van der Waals surface area contributed by atoms with Gasteiger partial charge in [0.25, 0.3) is 5.91 Å². The summed E-state index contributed by atoms with van der Waals surface area (Å²) in [4.78, 5) is 37.3.